The van der Waals surface area contributed by atoms with Gasteiger partial charge in [-0.3, -0.25) is 0 Å². The Hall–Kier alpha value is -1.35. The minimum Gasteiger partial charge on any atom is -0.497 e. The van der Waals surface area contributed by atoms with Gasteiger partial charge in [-0.2, -0.15) is 0 Å². The Morgan fingerprint density at radius 2 is 2.11 bits per heavy atom. The zero-order chi connectivity index (χ0) is 14.0. The molecule has 0 aromatic heterocycles. The van der Waals surface area contributed by atoms with Crippen LogP contribution < -0.4 is 10.1 Å². The first-order chi connectivity index (χ1) is 9.00. The molecule has 0 fully saturated rings. The molecule has 1 heterocycles. The van der Waals surface area contributed by atoms with E-state index >= 15 is 0 Å². The van der Waals surface area contributed by atoms with Crippen molar-refractivity contribution in [2.45, 2.75) is 33.6 Å². The summed E-state index contributed by atoms with van der Waals surface area (Å²) in [6, 6.07) is 6.09. The van der Waals surface area contributed by atoms with E-state index in [1.807, 2.05) is 12.1 Å². The molecule has 1 aromatic rings. The Labute approximate surface area is 120 Å². The Balaban J connectivity index is 2.58. The molecule has 1 aromatic carbocycles. The van der Waals surface area contributed by atoms with E-state index in [1.54, 1.807) is 7.11 Å². The first-order valence-corrected chi connectivity index (χ1v) is 7.12. The van der Waals surface area contributed by atoms with Crippen LogP contribution in [0.15, 0.2) is 24.3 Å². The van der Waals surface area contributed by atoms with E-state index in [0.717, 1.165) is 29.3 Å². The van der Waals surface area contributed by atoms with Gasteiger partial charge >= 0.3 is 0 Å². The maximum Gasteiger partial charge on any atom is 0.119 e. The molecule has 0 amide bonds. The molecule has 0 saturated heterocycles. The average Bonchev–Trinajstić information content (AvgIpc) is 2.39. The monoisotopic (exact) mass is 275 g/mol. The number of allylic oxidation sites excluding steroid dienone is 1. The van der Waals surface area contributed by atoms with Crippen LogP contribution in [0, 0.1) is 5.41 Å². The molecule has 0 atom stereocenters. The second-order valence-corrected chi connectivity index (χ2v) is 5.81. The number of ether oxygens (including phenoxy) is 1. The molecule has 3 heteroatoms. The highest BCUT2D eigenvalue weighted by Crippen LogP contribution is 2.45. The molecule has 0 unspecified atom stereocenters. The third kappa shape index (κ3) is 2.52. The third-order valence-electron chi connectivity index (χ3n) is 3.64. The number of anilines is 1. The minimum atomic E-state index is -0.135. The molecule has 0 spiro atoms. The van der Waals surface area contributed by atoms with Crippen LogP contribution in [-0.4, -0.2) is 12.1 Å². The van der Waals surface area contributed by atoms with Gasteiger partial charge < -0.3 is 10.1 Å². The largest absolute Gasteiger partial charge is 0.497 e. The predicted molar refractivity (Wildman–Crippen MR) is 85.9 cm³/mol. The van der Waals surface area contributed by atoms with E-state index in [2.05, 4.69) is 38.2 Å². The molecule has 19 heavy (non-hydrogen) atoms. The van der Waals surface area contributed by atoms with Crippen LogP contribution in [0.2, 0.25) is 0 Å². The van der Waals surface area contributed by atoms with Crippen molar-refractivity contribution in [3.63, 3.8) is 0 Å². The molecule has 0 aliphatic carbocycles. The molecule has 1 N–H and O–H groups in total. The quantitative estimate of drug-likeness (QED) is 0.811. The Morgan fingerprint density at radius 3 is 2.74 bits per heavy atom. The molecule has 2 rings (SSSR count). The molecule has 0 radical (unpaired) electrons. The van der Waals surface area contributed by atoms with Crippen molar-refractivity contribution in [3.05, 3.63) is 29.8 Å². The van der Waals surface area contributed by atoms with Crippen LogP contribution in [0.25, 0.3) is 5.57 Å². The van der Waals surface area contributed by atoms with Gasteiger partial charge in [-0.25, -0.2) is 0 Å². The lowest BCUT2D eigenvalue weighted by atomic mass is 9.76. The van der Waals surface area contributed by atoms with Crippen LogP contribution >= 0.6 is 12.2 Å². The lowest BCUT2D eigenvalue weighted by Gasteiger charge is -2.36. The van der Waals surface area contributed by atoms with Crippen LogP contribution in [0.3, 0.4) is 0 Å². The number of benzene rings is 1. The SMILES string of the molecule is CCC/C=C1/c2cc(OC)ccc2NC(=S)C1(C)C. The van der Waals surface area contributed by atoms with Crippen LogP contribution in [-0.2, 0) is 0 Å². The summed E-state index contributed by atoms with van der Waals surface area (Å²) >= 11 is 5.52. The standard InChI is InChI=1S/C16H21NOS/c1-5-6-7-13-12-10-11(18-4)8-9-14(12)17-15(19)16(13,2)3/h7-10H,5-6H2,1-4H3,(H,17,19)/b13-7-. The van der Waals surface area contributed by atoms with Gasteiger partial charge in [0.15, 0.2) is 0 Å². The van der Waals surface area contributed by atoms with Gasteiger partial charge in [-0.15, -0.1) is 0 Å². The number of hydrogen-bond acceptors (Lipinski definition) is 2. The first-order valence-electron chi connectivity index (χ1n) is 6.71. The number of hydrogen-bond donors (Lipinski definition) is 1. The molecule has 1 aliphatic heterocycles. The van der Waals surface area contributed by atoms with Crippen molar-refractivity contribution in [1.82, 2.24) is 0 Å². The van der Waals surface area contributed by atoms with Gasteiger partial charge in [-0.05, 0) is 44.0 Å². The lowest BCUT2D eigenvalue weighted by Crippen LogP contribution is -2.34. The highest BCUT2D eigenvalue weighted by Gasteiger charge is 2.35. The summed E-state index contributed by atoms with van der Waals surface area (Å²) in [6.45, 7) is 6.54. The lowest BCUT2D eigenvalue weighted by molar-refractivity contribution is 0.414. The molecule has 1 aliphatic rings. The molecular formula is C16H21NOS. The number of unbranched alkanes of at least 4 members (excludes halogenated alkanes) is 1. The van der Waals surface area contributed by atoms with E-state index in [9.17, 15) is 0 Å². The zero-order valence-corrected chi connectivity index (χ0v) is 12.9. The Kier molecular flexibility index (Phi) is 3.95. The number of methoxy groups -OCH3 is 1. The van der Waals surface area contributed by atoms with Crippen molar-refractivity contribution in [3.8, 4) is 5.75 Å². The van der Waals surface area contributed by atoms with Crippen molar-refractivity contribution < 1.29 is 4.74 Å². The predicted octanol–water partition coefficient (Wildman–Crippen LogP) is 4.66. The number of thiocarbonyl (C=S) groups is 1. The van der Waals surface area contributed by atoms with E-state index in [0.29, 0.717) is 0 Å². The highest BCUT2D eigenvalue weighted by atomic mass is 32.1. The van der Waals surface area contributed by atoms with E-state index < -0.39 is 0 Å². The van der Waals surface area contributed by atoms with Crippen molar-refractivity contribution in [1.29, 1.82) is 0 Å². The minimum absolute atomic E-state index is 0.135. The zero-order valence-electron chi connectivity index (χ0n) is 12.0. The number of nitrogens with one attached hydrogen (secondary N) is 1. The van der Waals surface area contributed by atoms with Crippen LogP contribution in [0.1, 0.15) is 39.2 Å². The fraction of sp³-hybridized carbons (Fsp3) is 0.438. The summed E-state index contributed by atoms with van der Waals surface area (Å²) in [5.74, 6) is 0.881. The van der Waals surface area contributed by atoms with Crippen LogP contribution in [0.5, 0.6) is 5.75 Å². The van der Waals surface area contributed by atoms with E-state index in [4.69, 9.17) is 17.0 Å². The molecular weight excluding hydrogens is 254 g/mol. The Morgan fingerprint density at radius 1 is 1.37 bits per heavy atom. The summed E-state index contributed by atoms with van der Waals surface area (Å²) in [5.41, 5.74) is 3.44. The molecule has 0 saturated carbocycles. The molecule has 0 bridgehead atoms. The van der Waals surface area contributed by atoms with Crippen molar-refractivity contribution in [2.75, 3.05) is 12.4 Å². The highest BCUT2D eigenvalue weighted by molar-refractivity contribution is 7.80. The molecule has 102 valence electrons. The summed E-state index contributed by atoms with van der Waals surface area (Å²) in [7, 11) is 1.70. The fourth-order valence-corrected chi connectivity index (χ4v) is 2.59. The second kappa shape index (κ2) is 5.33. The number of rotatable bonds is 3. The van der Waals surface area contributed by atoms with Crippen molar-refractivity contribution >= 4 is 28.5 Å². The first kappa shape index (κ1) is 14.1. The fourth-order valence-electron chi connectivity index (χ4n) is 2.37. The summed E-state index contributed by atoms with van der Waals surface area (Å²) in [6.07, 6.45) is 4.52. The van der Waals surface area contributed by atoms with Gasteiger partial charge in [0.25, 0.3) is 0 Å². The van der Waals surface area contributed by atoms with Gasteiger partial charge in [0.2, 0.25) is 0 Å². The van der Waals surface area contributed by atoms with Gasteiger partial charge in [0.1, 0.15) is 5.75 Å². The summed E-state index contributed by atoms with van der Waals surface area (Å²) < 4.78 is 5.34. The van der Waals surface area contributed by atoms with Gasteiger partial charge in [0, 0.05) is 16.7 Å². The maximum atomic E-state index is 5.52. The summed E-state index contributed by atoms with van der Waals surface area (Å²) in [4.78, 5) is 0.882. The van der Waals surface area contributed by atoms with E-state index in [1.165, 1.54) is 11.1 Å². The summed E-state index contributed by atoms with van der Waals surface area (Å²) in [5, 5.41) is 3.34. The number of fused-ring (bicyclic) bond motifs is 1. The normalized spacial score (nSPS) is 18.9. The van der Waals surface area contributed by atoms with Gasteiger partial charge in [0.05, 0.1) is 12.1 Å². The topological polar surface area (TPSA) is 21.3 Å². The Bertz CT molecular complexity index is 532. The van der Waals surface area contributed by atoms with Crippen LogP contribution in [0.4, 0.5) is 5.69 Å². The van der Waals surface area contributed by atoms with Crippen molar-refractivity contribution in [2.24, 2.45) is 5.41 Å². The van der Waals surface area contributed by atoms with Gasteiger partial charge in [-0.1, -0.05) is 31.6 Å². The molecule has 2 nitrogen and oxygen atoms in total. The second-order valence-electron chi connectivity index (χ2n) is 5.40. The maximum absolute atomic E-state index is 5.52. The third-order valence-corrected chi connectivity index (χ3v) is 4.26. The smallest absolute Gasteiger partial charge is 0.119 e. The average molecular weight is 275 g/mol. The van der Waals surface area contributed by atoms with E-state index in [-0.39, 0.29) is 5.41 Å².